The van der Waals surface area contributed by atoms with Crippen LogP contribution in [-0.2, 0) is 20.7 Å². The van der Waals surface area contributed by atoms with Gasteiger partial charge in [-0.3, -0.25) is 9.59 Å². The Bertz CT molecular complexity index is 490. The lowest BCUT2D eigenvalue weighted by Crippen LogP contribution is -2.43. The van der Waals surface area contributed by atoms with Gasteiger partial charge in [0.1, 0.15) is 0 Å². The third kappa shape index (κ3) is 6.20. The van der Waals surface area contributed by atoms with Crippen molar-refractivity contribution >= 4 is 24.3 Å². The largest absolute Gasteiger partial charge is 0.466 e. The van der Waals surface area contributed by atoms with Gasteiger partial charge in [0, 0.05) is 6.54 Å². The lowest BCUT2D eigenvalue weighted by molar-refractivity contribution is -0.147. The molecule has 1 aromatic carbocycles. The van der Waals surface area contributed by atoms with Crippen molar-refractivity contribution in [1.82, 2.24) is 10.6 Å². The third-order valence-corrected chi connectivity index (χ3v) is 3.84. The molecule has 0 aliphatic carbocycles. The zero-order valence-electron chi connectivity index (χ0n) is 13.4. The summed E-state index contributed by atoms with van der Waals surface area (Å²) in [5.41, 5.74) is 1.06. The van der Waals surface area contributed by atoms with Crippen molar-refractivity contribution in [2.75, 3.05) is 19.7 Å². The monoisotopic (exact) mass is 340 g/mol. The van der Waals surface area contributed by atoms with E-state index in [-0.39, 0.29) is 36.2 Å². The number of carbonyl (C=O) groups excluding carboxylic acids is 2. The molecule has 1 aliphatic rings. The molecule has 2 atom stereocenters. The summed E-state index contributed by atoms with van der Waals surface area (Å²) >= 11 is 0. The van der Waals surface area contributed by atoms with Crippen molar-refractivity contribution in [2.45, 2.75) is 32.2 Å². The number of halogens is 1. The summed E-state index contributed by atoms with van der Waals surface area (Å²) in [6.07, 6.45) is 2.44. The molecule has 6 heteroatoms. The van der Waals surface area contributed by atoms with Gasteiger partial charge in [0.25, 0.3) is 0 Å². The van der Waals surface area contributed by atoms with Crippen LogP contribution in [0.4, 0.5) is 0 Å². The molecule has 1 heterocycles. The van der Waals surface area contributed by atoms with Gasteiger partial charge in [0.2, 0.25) is 5.91 Å². The van der Waals surface area contributed by atoms with E-state index in [0.29, 0.717) is 19.6 Å². The van der Waals surface area contributed by atoms with Crippen molar-refractivity contribution < 1.29 is 14.3 Å². The van der Waals surface area contributed by atoms with Crippen molar-refractivity contribution in [3.05, 3.63) is 35.9 Å². The molecule has 2 unspecified atom stereocenters. The van der Waals surface area contributed by atoms with Crippen molar-refractivity contribution in [1.29, 1.82) is 0 Å². The van der Waals surface area contributed by atoms with Crippen molar-refractivity contribution in [2.24, 2.45) is 5.92 Å². The second-order valence-corrected chi connectivity index (χ2v) is 5.53. The van der Waals surface area contributed by atoms with E-state index in [0.717, 1.165) is 24.9 Å². The third-order valence-electron chi connectivity index (χ3n) is 3.84. The molecular weight excluding hydrogens is 316 g/mol. The number of ether oxygens (including phenoxy) is 1. The number of hydrogen-bond donors (Lipinski definition) is 2. The summed E-state index contributed by atoms with van der Waals surface area (Å²) in [4.78, 5) is 24.1. The lowest BCUT2D eigenvalue weighted by atomic mass is 9.99. The highest BCUT2D eigenvalue weighted by atomic mass is 35.5. The second-order valence-electron chi connectivity index (χ2n) is 5.53. The number of esters is 1. The molecule has 1 amide bonds. The highest BCUT2D eigenvalue weighted by Crippen LogP contribution is 2.11. The molecule has 2 rings (SSSR count). The van der Waals surface area contributed by atoms with E-state index in [2.05, 4.69) is 10.6 Å². The van der Waals surface area contributed by atoms with Crippen LogP contribution in [0.3, 0.4) is 0 Å². The van der Waals surface area contributed by atoms with E-state index >= 15 is 0 Å². The first-order valence-corrected chi connectivity index (χ1v) is 7.92. The first-order valence-electron chi connectivity index (χ1n) is 7.92. The van der Waals surface area contributed by atoms with Crippen LogP contribution in [0, 0.1) is 5.92 Å². The van der Waals surface area contributed by atoms with Crippen LogP contribution in [-0.4, -0.2) is 37.6 Å². The number of nitrogens with one attached hydrogen (secondary N) is 2. The van der Waals surface area contributed by atoms with Gasteiger partial charge in [0.15, 0.2) is 0 Å². The summed E-state index contributed by atoms with van der Waals surface area (Å²) in [5, 5.41) is 6.04. The Balaban J connectivity index is 0.00000264. The SMILES string of the molecule is CCOC(=O)C(CNC(=O)C1CCCN1)Cc1ccccc1.Cl. The van der Waals surface area contributed by atoms with Crippen LogP contribution in [0.15, 0.2) is 30.3 Å². The minimum Gasteiger partial charge on any atom is -0.466 e. The van der Waals surface area contributed by atoms with E-state index in [1.807, 2.05) is 30.3 Å². The van der Waals surface area contributed by atoms with Crippen molar-refractivity contribution in [3.63, 3.8) is 0 Å². The zero-order chi connectivity index (χ0) is 15.8. The Morgan fingerprint density at radius 1 is 1.35 bits per heavy atom. The molecule has 1 saturated heterocycles. The van der Waals surface area contributed by atoms with Gasteiger partial charge in [-0.25, -0.2) is 0 Å². The maximum absolute atomic E-state index is 12.1. The number of rotatable bonds is 7. The molecular formula is C17H25ClN2O3. The molecule has 1 fully saturated rings. The van der Waals surface area contributed by atoms with E-state index in [4.69, 9.17) is 4.74 Å². The molecule has 1 aromatic rings. The maximum atomic E-state index is 12.1. The number of hydrogen-bond acceptors (Lipinski definition) is 4. The molecule has 128 valence electrons. The standard InChI is InChI=1S/C17H24N2O3.ClH/c1-2-22-17(21)14(11-13-7-4-3-5-8-13)12-19-16(20)15-9-6-10-18-15;/h3-5,7-8,14-15,18H,2,6,9-12H2,1H3,(H,19,20);1H. The van der Waals surface area contributed by atoms with Gasteiger partial charge in [-0.1, -0.05) is 30.3 Å². The molecule has 2 N–H and O–H groups in total. The fraction of sp³-hybridized carbons (Fsp3) is 0.529. The molecule has 1 aliphatic heterocycles. The first kappa shape index (κ1) is 19.5. The molecule has 5 nitrogen and oxygen atoms in total. The minimum atomic E-state index is -0.354. The summed E-state index contributed by atoms with van der Waals surface area (Å²) in [7, 11) is 0. The van der Waals surface area contributed by atoms with Gasteiger partial charge in [-0.05, 0) is 38.3 Å². The van der Waals surface area contributed by atoms with Gasteiger partial charge in [-0.2, -0.15) is 0 Å². The Hall–Kier alpha value is -1.59. The Labute approximate surface area is 143 Å². The van der Waals surface area contributed by atoms with Crippen LogP contribution in [0.25, 0.3) is 0 Å². The molecule has 0 aromatic heterocycles. The van der Waals surface area contributed by atoms with E-state index < -0.39 is 0 Å². The smallest absolute Gasteiger partial charge is 0.311 e. The molecule has 0 bridgehead atoms. The lowest BCUT2D eigenvalue weighted by Gasteiger charge is -2.18. The van der Waals surface area contributed by atoms with Gasteiger partial charge in [0.05, 0.1) is 18.6 Å². The van der Waals surface area contributed by atoms with Crippen LogP contribution in [0.5, 0.6) is 0 Å². The highest BCUT2D eigenvalue weighted by molar-refractivity contribution is 5.85. The Morgan fingerprint density at radius 2 is 2.09 bits per heavy atom. The van der Waals surface area contributed by atoms with Crippen LogP contribution < -0.4 is 10.6 Å². The predicted octanol–water partition coefficient (Wildman–Crippen LogP) is 1.70. The highest BCUT2D eigenvalue weighted by Gasteiger charge is 2.25. The average molecular weight is 341 g/mol. The summed E-state index contributed by atoms with van der Waals surface area (Å²) in [6.45, 7) is 3.33. The topological polar surface area (TPSA) is 67.4 Å². The summed E-state index contributed by atoms with van der Waals surface area (Å²) in [6, 6.07) is 9.66. The van der Waals surface area contributed by atoms with Crippen molar-refractivity contribution in [3.8, 4) is 0 Å². The molecule has 0 radical (unpaired) electrons. The Morgan fingerprint density at radius 3 is 2.70 bits per heavy atom. The van der Waals surface area contributed by atoms with Gasteiger partial charge < -0.3 is 15.4 Å². The average Bonchev–Trinajstić information content (AvgIpc) is 3.06. The summed E-state index contributed by atoms with van der Waals surface area (Å²) < 4.78 is 5.13. The fourth-order valence-electron chi connectivity index (χ4n) is 2.65. The quantitative estimate of drug-likeness (QED) is 0.741. The normalized spacial score (nSPS) is 17.9. The fourth-order valence-corrected chi connectivity index (χ4v) is 2.65. The van der Waals surface area contributed by atoms with E-state index in [1.54, 1.807) is 6.92 Å². The number of amides is 1. The zero-order valence-corrected chi connectivity index (χ0v) is 14.2. The Kier molecular flexibility index (Phi) is 8.66. The summed E-state index contributed by atoms with van der Waals surface area (Å²) in [5.74, 6) is -0.640. The van der Waals surface area contributed by atoms with E-state index in [1.165, 1.54) is 0 Å². The van der Waals surface area contributed by atoms with Gasteiger partial charge in [-0.15, -0.1) is 12.4 Å². The maximum Gasteiger partial charge on any atom is 0.311 e. The van der Waals surface area contributed by atoms with Gasteiger partial charge >= 0.3 is 5.97 Å². The second kappa shape index (κ2) is 10.2. The van der Waals surface area contributed by atoms with Crippen LogP contribution >= 0.6 is 12.4 Å². The molecule has 0 saturated carbocycles. The minimum absolute atomic E-state index is 0. The number of carbonyl (C=O) groups is 2. The van der Waals surface area contributed by atoms with E-state index in [9.17, 15) is 9.59 Å². The van der Waals surface area contributed by atoms with Crippen LogP contribution in [0.2, 0.25) is 0 Å². The molecule has 23 heavy (non-hydrogen) atoms. The first-order chi connectivity index (χ1) is 10.7. The molecule has 0 spiro atoms. The number of benzene rings is 1. The predicted molar refractivity (Wildman–Crippen MR) is 91.6 cm³/mol. The van der Waals surface area contributed by atoms with Crippen LogP contribution in [0.1, 0.15) is 25.3 Å².